The molecule has 0 amide bonds. The molecule has 170 valence electrons. The molecule has 1 N–H and O–H groups in total. The van der Waals surface area contributed by atoms with Gasteiger partial charge in [0.15, 0.2) is 0 Å². The molecule has 0 aromatic rings. The lowest BCUT2D eigenvalue weighted by Gasteiger charge is -2.65. The normalized spacial score (nSPS) is 46.7. The van der Waals surface area contributed by atoms with Gasteiger partial charge in [-0.25, -0.2) is 0 Å². The molecule has 5 heterocycles. The Morgan fingerprint density at radius 1 is 0.839 bits per heavy atom. The standard InChI is InChI=1S/C28H42N2O/c31-25-21-29-17-13-9-5-2-1-3-7-11-15-23-19-24-20-30-18-14-10-6-4-8-12-16-28(22-29,26(24)25)27(23)30/h2-5,7-8,19,24-27,31H,1,6,9-18,20-22H2/b5-2-,7-3-,8-4-/t24?,25-,26?,27?,28?/m1/s1. The van der Waals surface area contributed by atoms with Crippen molar-refractivity contribution in [2.75, 3.05) is 32.7 Å². The van der Waals surface area contributed by atoms with Gasteiger partial charge in [-0.3, -0.25) is 4.90 Å². The van der Waals surface area contributed by atoms with Crippen LogP contribution in [0.2, 0.25) is 0 Å². The number of hydrogen-bond acceptors (Lipinski definition) is 3. The molecular weight excluding hydrogens is 380 g/mol. The molecule has 0 aromatic carbocycles. The van der Waals surface area contributed by atoms with E-state index in [0.717, 1.165) is 32.4 Å². The summed E-state index contributed by atoms with van der Waals surface area (Å²) in [5.74, 6) is 0.970. The SMILES string of the molecule is O[C@@H]1CN2CCC/C=C\C/C=C\CCC3=CC4CN5CCCC/C=C\CCC(C2)(C41)C35. The van der Waals surface area contributed by atoms with Crippen molar-refractivity contribution < 1.29 is 5.11 Å². The number of fused-ring (bicyclic) bond motifs is 1. The Balaban J connectivity index is 1.54. The summed E-state index contributed by atoms with van der Waals surface area (Å²) in [5.41, 5.74) is 1.90. The van der Waals surface area contributed by atoms with Crippen LogP contribution in [0.1, 0.15) is 64.2 Å². The van der Waals surface area contributed by atoms with Crippen molar-refractivity contribution in [1.29, 1.82) is 0 Å². The maximum Gasteiger partial charge on any atom is 0.0707 e. The molecule has 5 aliphatic heterocycles. The second-order valence-corrected chi connectivity index (χ2v) is 10.7. The number of allylic oxidation sites excluding steroid dienone is 6. The molecule has 31 heavy (non-hydrogen) atoms. The molecule has 0 radical (unpaired) electrons. The lowest BCUT2D eigenvalue weighted by molar-refractivity contribution is -0.159. The summed E-state index contributed by atoms with van der Waals surface area (Å²) < 4.78 is 0. The van der Waals surface area contributed by atoms with Gasteiger partial charge < -0.3 is 10.0 Å². The molecule has 6 aliphatic rings. The van der Waals surface area contributed by atoms with E-state index >= 15 is 0 Å². The monoisotopic (exact) mass is 422 g/mol. The summed E-state index contributed by atoms with van der Waals surface area (Å²) in [4.78, 5) is 5.49. The average Bonchev–Trinajstić information content (AvgIpc) is 2.78. The fourth-order valence-electron chi connectivity index (χ4n) is 7.66. The van der Waals surface area contributed by atoms with Gasteiger partial charge >= 0.3 is 0 Å². The van der Waals surface area contributed by atoms with Crippen LogP contribution in [0.3, 0.4) is 0 Å². The van der Waals surface area contributed by atoms with Crippen molar-refractivity contribution in [1.82, 2.24) is 9.80 Å². The number of aliphatic hydroxyl groups excluding tert-OH is 1. The van der Waals surface area contributed by atoms with E-state index in [4.69, 9.17) is 0 Å². The van der Waals surface area contributed by atoms with Crippen molar-refractivity contribution in [3.8, 4) is 0 Å². The molecule has 3 heteroatoms. The topological polar surface area (TPSA) is 26.7 Å². The molecule has 6 bridgehead atoms. The fraction of sp³-hybridized carbons (Fsp3) is 0.714. The molecule has 2 saturated heterocycles. The van der Waals surface area contributed by atoms with Crippen LogP contribution in [0.25, 0.3) is 0 Å². The largest absolute Gasteiger partial charge is 0.391 e. The third-order valence-corrected chi connectivity index (χ3v) is 8.70. The second-order valence-electron chi connectivity index (χ2n) is 10.7. The zero-order valence-electron chi connectivity index (χ0n) is 19.3. The van der Waals surface area contributed by atoms with E-state index in [1.54, 1.807) is 5.57 Å². The predicted molar refractivity (Wildman–Crippen MR) is 129 cm³/mol. The van der Waals surface area contributed by atoms with Crippen molar-refractivity contribution in [2.24, 2.45) is 17.3 Å². The van der Waals surface area contributed by atoms with Crippen LogP contribution >= 0.6 is 0 Å². The summed E-state index contributed by atoms with van der Waals surface area (Å²) in [6.07, 6.45) is 28.8. The van der Waals surface area contributed by atoms with Gasteiger partial charge in [0, 0.05) is 37.0 Å². The molecule has 1 spiro atoms. The maximum atomic E-state index is 11.5. The fourth-order valence-corrected chi connectivity index (χ4v) is 7.66. The zero-order valence-corrected chi connectivity index (χ0v) is 19.3. The first-order valence-corrected chi connectivity index (χ1v) is 13.1. The lowest BCUT2D eigenvalue weighted by atomic mass is 9.51. The van der Waals surface area contributed by atoms with Gasteiger partial charge in [0.1, 0.15) is 0 Å². The Hall–Kier alpha value is -1.16. The smallest absolute Gasteiger partial charge is 0.0707 e. The number of aliphatic hydroxyl groups is 1. The van der Waals surface area contributed by atoms with Gasteiger partial charge in [-0.05, 0) is 83.2 Å². The number of nitrogens with zero attached hydrogens (tertiary/aromatic N) is 2. The minimum Gasteiger partial charge on any atom is -0.391 e. The van der Waals surface area contributed by atoms with Crippen LogP contribution in [0.5, 0.6) is 0 Å². The first kappa shape index (κ1) is 21.7. The average molecular weight is 423 g/mol. The quantitative estimate of drug-likeness (QED) is 0.550. The van der Waals surface area contributed by atoms with E-state index in [2.05, 4.69) is 52.3 Å². The van der Waals surface area contributed by atoms with Gasteiger partial charge in [-0.2, -0.15) is 0 Å². The predicted octanol–water partition coefficient (Wildman–Crippen LogP) is 5.10. The molecule has 7 atom stereocenters. The van der Waals surface area contributed by atoms with Crippen LogP contribution in [0, 0.1) is 17.3 Å². The van der Waals surface area contributed by atoms with Gasteiger partial charge in [-0.1, -0.05) is 48.1 Å². The number of hydrogen-bond donors (Lipinski definition) is 1. The third-order valence-electron chi connectivity index (χ3n) is 8.70. The van der Waals surface area contributed by atoms with Crippen molar-refractivity contribution in [3.63, 3.8) is 0 Å². The molecule has 6 rings (SSSR count). The van der Waals surface area contributed by atoms with Crippen LogP contribution in [-0.2, 0) is 0 Å². The Morgan fingerprint density at radius 3 is 2.58 bits per heavy atom. The Bertz CT molecular complexity index is 737. The van der Waals surface area contributed by atoms with Gasteiger partial charge in [-0.15, -0.1) is 0 Å². The zero-order chi connectivity index (χ0) is 21.1. The van der Waals surface area contributed by atoms with Crippen LogP contribution < -0.4 is 0 Å². The number of piperidine rings is 2. The first-order valence-electron chi connectivity index (χ1n) is 13.1. The second kappa shape index (κ2) is 9.77. The van der Waals surface area contributed by atoms with E-state index in [1.807, 2.05) is 0 Å². The molecule has 2 fully saturated rings. The van der Waals surface area contributed by atoms with E-state index in [-0.39, 0.29) is 11.5 Å². The summed E-state index contributed by atoms with van der Waals surface area (Å²) in [7, 11) is 0. The number of rotatable bonds is 0. The van der Waals surface area contributed by atoms with Crippen LogP contribution in [-0.4, -0.2) is 59.8 Å². The van der Waals surface area contributed by atoms with E-state index in [9.17, 15) is 5.11 Å². The summed E-state index contributed by atoms with van der Waals surface area (Å²) in [5, 5.41) is 11.5. The molecular formula is C28H42N2O. The van der Waals surface area contributed by atoms with E-state index in [1.165, 1.54) is 64.6 Å². The van der Waals surface area contributed by atoms with Crippen molar-refractivity contribution in [3.05, 3.63) is 48.1 Å². The third kappa shape index (κ3) is 4.38. The molecule has 0 saturated carbocycles. The molecule has 3 nitrogen and oxygen atoms in total. The first-order chi connectivity index (χ1) is 15.3. The Morgan fingerprint density at radius 2 is 1.65 bits per heavy atom. The maximum absolute atomic E-state index is 11.5. The molecule has 0 aromatic heterocycles. The van der Waals surface area contributed by atoms with E-state index in [0.29, 0.717) is 17.9 Å². The minimum absolute atomic E-state index is 0.179. The Kier molecular flexibility index (Phi) is 6.83. The summed E-state index contributed by atoms with van der Waals surface area (Å²) >= 11 is 0. The highest BCUT2D eigenvalue weighted by molar-refractivity contribution is 5.31. The minimum atomic E-state index is -0.179. The summed E-state index contributed by atoms with van der Waals surface area (Å²) in [6, 6.07) is 0.531. The van der Waals surface area contributed by atoms with Gasteiger partial charge in [0.05, 0.1) is 6.10 Å². The molecule has 1 aliphatic carbocycles. The highest BCUT2D eigenvalue weighted by Gasteiger charge is 2.61. The van der Waals surface area contributed by atoms with Crippen LogP contribution in [0.4, 0.5) is 0 Å². The lowest BCUT2D eigenvalue weighted by Crippen LogP contribution is -2.72. The van der Waals surface area contributed by atoms with Gasteiger partial charge in [0.25, 0.3) is 0 Å². The van der Waals surface area contributed by atoms with Crippen molar-refractivity contribution in [2.45, 2.75) is 76.4 Å². The van der Waals surface area contributed by atoms with Gasteiger partial charge in [0.2, 0.25) is 0 Å². The van der Waals surface area contributed by atoms with E-state index < -0.39 is 0 Å². The van der Waals surface area contributed by atoms with Crippen molar-refractivity contribution >= 4 is 0 Å². The molecule has 6 unspecified atom stereocenters. The highest BCUT2D eigenvalue weighted by atomic mass is 16.3. The Labute approximate surface area is 189 Å². The summed E-state index contributed by atoms with van der Waals surface area (Å²) in [6.45, 7) is 5.58. The van der Waals surface area contributed by atoms with Crippen LogP contribution in [0.15, 0.2) is 48.1 Å². The highest BCUT2D eigenvalue weighted by Crippen LogP contribution is 2.57.